The molecule has 0 radical (unpaired) electrons. The van der Waals surface area contributed by atoms with Crippen LogP contribution < -0.4 is 4.74 Å². The van der Waals surface area contributed by atoms with Crippen molar-refractivity contribution in [3.05, 3.63) is 16.8 Å². The van der Waals surface area contributed by atoms with E-state index in [1.165, 1.54) is 49.2 Å². The summed E-state index contributed by atoms with van der Waals surface area (Å²) in [7, 11) is 0. The molecular weight excluding hydrogens is 346 g/mol. The molecule has 1 saturated heterocycles. The Bertz CT molecular complexity index is 779. The van der Waals surface area contributed by atoms with E-state index >= 15 is 0 Å². The first kappa shape index (κ1) is 16.9. The molecule has 1 N–H and O–H groups in total. The molecule has 5 nitrogen and oxygen atoms in total. The zero-order valence-corrected chi connectivity index (χ0v) is 16.0. The molecule has 26 heavy (non-hydrogen) atoms. The molecule has 2 aromatic rings. The molecule has 5 rings (SSSR count). The maximum absolute atomic E-state index is 9.75. The molecule has 0 aromatic carbocycles. The average Bonchev–Trinajstić information content (AvgIpc) is 3.39. The zero-order chi connectivity index (χ0) is 17.5. The highest BCUT2D eigenvalue weighted by atomic mass is 32.1. The van der Waals surface area contributed by atoms with Crippen LogP contribution in [-0.4, -0.2) is 51.8 Å². The van der Waals surface area contributed by atoms with Crippen molar-refractivity contribution in [2.45, 2.75) is 69.4 Å². The zero-order valence-electron chi connectivity index (χ0n) is 15.2. The molecule has 140 valence electrons. The predicted octanol–water partition coefficient (Wildman–Crippen LogP) is 3.50. The normalized spacial score (nSPS) is 29.3. The minimum atomic E-state index is 0.202. The summed E-state index contributed by atoms with van der Waals surface area (Å²) in [5, 5.41) is 10.8. The fourth-order valence-corrected chi connectivity index (χ4v) is 6.34. The summed E-state index contributed by atoms with van der Waals surface area (Å²) < 4.78 is 6.41. The summed E-state index contributed by atoms with van der Waals surface area (Å²) in [6.07, 6.45) is 11.4. The quantitative estimate of drug-likeness (QED) is 0.889. The van der Waals surface area contributed by atoms with E-state index in [0.29, 0.717) is 0 Å². The maximum Gasteiger partial charge on any atom is 0.225 e. The Balaban J connectivity index is 1.34. The number of hydrogen-bond donors (Lipinski definition) is 1. The van der Waals surface area contributed by atoms with Gasteiger partial charge in [0.05, 0.1) is 12.0 Å². The fourth-order valence-electron chi connectivity index (χ4n) is 5.11. The van der Waals surface area contributed by atoms with Gasteiger partial charge in [-0.05, 0) is 70.0 Å². The third-order valence-corrected chi connectivity index (χ3v) is 7.67. The summed E-state index contributed by atoms with van der Waals surface area (Å²) in [6.45, 7) is 2.77. The third-order valence-electron chi connectivity index (χ3n) is 6.49. The van der Waals surface area contributed by atoms with Gasteiger partial charge in [0.1, 0.15) is 17.3 Å². The number of aliphatic hydroxyl groups excluding tert-OH is 1. The lowest BCUT2D eigenvalue weighted by Crippen LogP contribution is -2.38. The van der Waals surface area contributed by atoms with Gasteiger partial charge < -0.3 is 14.7 Å². The second-order valence-electron chi connectivity index (χ2n) is 8.01. The van der Waals surface area contributed by atoms with Crippen LogP contribution in [0.5, 0.6) is 5.88 Å². The number of likely N-dealkylation sites (tertiary alicyclic amines) is 1. The number of nitrogens with zero attached hydrogens (tertiary/aromatic N) is 3. The first-order valence-corrected chi connectivity index (χ1v) is 10.9. The number of thiophene rings is 1. The van der Waals surface area contributed by atoms with Gasteiger partial charge in [-0.15, -0.1) is 11.3 Å². The monoisotopic (exact) mass is 373 g/mol. The highest BCUT2D eigenvalue weighted by Gasteiger charge is 2.32. The highest BCUT2D eigenvalue weighted by molar-refractivity contribution is 7.19. The Morgan fingerprint density at radius 2 is 1.92 bits per heavy atom. The van der Waals surface area contributed by atoms with Crippen LogP contribution in [-0.2, 0) is 6.42 Å². The van der Waals surface area contributed by atoms with Crippen LogP contribution in [0.25, 0.3) is 10.2 Å². The summed E-state index contributed by atoms with van der Waals surface area (Å²) in [4.78, 5) is 14.0. The summed E-state index contributed by atoms with van der Waals surface area (Å²) in [5.41, 5.74) is 1.26. The van der Waals surface area contributed by atoms with E-state index in [9.17, 15) is 5.11 Å². The molecule has 6 heteroatoms. The molecule has 1 atom stereocenters. The van der Waals surface area contributed by atoms with E-state index in [4.69, 9.17) is 4.74 Å². The number of aromatic nitrogens is 2. The van der Waals surface area contributed by atoms with E-state index in [1.54, 1.807) is 17.7 Å². The minimum Gasteiger partial charge on any atom is -0.474 e. The molecule has 0 unspecified atom stereocenters. The topological polar surface area (TPSA) is 58.5 Å². The van der Waals surface area contributed by atoms with Gasteiger partial charge in [-0.25, -0.2) is 9.97 Å². The molecule has 2 fully saturated rings. The standard InChI is InChI=1S/C20H27N3O2S/c24-11-13-3-8-16-17(13)18-19(21-12-22-20(18)26-16)25-15-6-4-14(5-7-15)23-9-1-2-10-23/h12-15,24H,1-11H2/t13-,14-,15-/m1/s1. The summed E-state index contributed by atoms with van der Waals surface area (Å²) >= 11 is 1.75. The predicted molar refractivity (Wildman–Crippen MR) is 103 cm³/mol. The molecule has 3 aliphatic rings. The Morgan fingerprint density at radius 3 is 2.69 bits per heavy atom. The lowest BCUT2D eigenvalue weighted by molar-refractivity contribution is 0.0978. The molecule has 2 aliphatic carbocycles. The van der Waals surface area contributed by atoms with Gasteiger partial charge in [0.15, 0.2) is 0 Å². The van der Waals surface area contributed by atoms with Crippen molar-refractivity contribution >= 4 is 21.6 Å². The van der Waals surface area contributed by atoms with Crippen LogP contribution in [0.2, 0.25) is 0 Å². The lowest BCUT2D eigenvalue weighted by Gasteiger charge is -2.34. The molecule has 0 bridgehead atoms. The van der Waals surface area contributed by atoms with Crippen molar-refractivity contribution in [1.82, 2.24) is 14.9 Å². The van der Waals surface area contributed by atoms with Crippen LogP contribution in [0.1, 0.15) is 61.3 Å². The largest absolute Gasteiger partial charge is 0.474 e. The molecule has 3 heterocycles. The van der Waals surface area contributed by atoms with Gasteiger partial charge >= 0.3 is 0 Å². The van der Waals surface area contributed by atoms with Gasteiger partial charge in [-0.1, -0.05) is 0 Å². The van der Waals surface area contributed by atoms with Gasteiger partial charge in [-0.3, -0.25) is 0 Å². The van der Waals surface area contributed by atoms with Crippen molar-refractivity contribution < 1.29 is 9.84 Å². The van der Waals surface area contributed by atoms with Crippen LogP contribution in [0, 0.1) is 0 Å². The second kappa shape index (κ2) is 7.06. The van der Waals surface area contributed by atoms with Crippen molar-refractivity contribution in [2.75, 3.05) is 19.7 Å². The van der Waals surface area contributed by atoms with Crippen LogP contribution in [0.15, 0.2) is 6.33 Å². The molecule has 1 saturated carbocycles. The molecular formula is C20H27N3O2S. The second-order valence-corrected chi connectivity index (χ2v) is 9.09. The number of aryl methyl sites for hydroxylation is 1. The molecule has 2 aromatic heterocycles. The number of ether oxygens (including phenoxy) is 1. The fraction of sp³-hybridized carbons (Fsp3) is 0.700. The van der Waals surface area contributed by atoms with Crippen molar-refractivity contribution in [1.29, 1.82) is 0 Å². The van der Waals surface area contributed by atoms with Crippen LogP contribution >= 0.6 is 11.3 Å². The number of hydrogen-bond acceptors (Lipinski definition) is 6. The van der Waals surface area contributed by atoms with E-state index in [-0.39, 0.29) is 18.6 Å². The van der Waals surface area contributed by atoms with E-state index in [2.05, 4.69) is 14.9 Å². The smallest absolute Gasteiger partial charge is 0.225 e. The van der Waals surface area contributed by atoms with Gasteiger partial charge in [0.25, 0.3) is 0 Å². The summed E-state index contributed by atoms with van der Waals surface area (Å²) in [5.74, 6) is 0.968. The molecule has 0 amide bonds. The van der Waals surface area contributed by atoms with Gasteiger partial charge in [-0.2, -0.15) is 0 Å². The van der Waals surface area contributed by atoms with E-state index in [1.807, 2.05) is 0 Å². The molecule has 1 aliphatic heterocycles. The minimum absolute atomic E-state index is 0.202. The van der Waals surface area contributed by atoms with Gasteiger partial charge in [0, 0.05) is 16.8 Å². The van der Waals surface area contributed by atoms with E-state index in [0.717, 1.165) is 47.8 Å². The summed E-state index contributed by atoms with van der Waals surface area (Å²) in [6, 6.07) is 0.756. The lowest BCUT2D eigenvalue weighted by atomic mass is 9.92. The highest BCUT2D eigenvalue weighted by Crippen LogP contribution is 2.46. The van der Waals surface area contributed by atoms with Crippen LogP contribution in [0.3, 0.4) is 0 Å². The molecule has 0 spiro atoms. The Kier molecular flexibility index (Phi) is 4.59. The van der Waals surface area contributed by atoms with Crippen molar-refractivity contribution in [2.24, 2.45) is 0 Å². The Labute approximate surface area is 158 Å². The number of aliphatic hydroxyl groups is 1. The Morgan fingerprint density at radius 1 is 1.12 bits per heavy atom. The van der Waals surface area contributed by atoms with Crippen molar-refractivity contribution in [3.63, 3.8) is 0 Å². The first-order chi connectivity index (χ1) is 12.8. The van der Waals surface area contributed by atoms with Crippen molar-refractivity contribution in [3.8, 4) is 5.88 Å². The average molecular weight is 374 g/mol. The van der Waals surface area contributed by atoms with E-state index < -0.39 is 0 Å². The first-order valence-electron chi connectivity index (χ1n) is 10.1. The number of rotatable bonds is 4. The SMILES string of the molecule is OC[C@H]1CCc2sc3ncnc(O[C@H]4CC[C@H](N5CCCC5)CC4)c3c21. The van der Waals surface area contributed by atoms with Gasteiger partial charge in [0.2, 0.25) is 5.88 Å². The third kappa shape index (κ3) is 2.92. The van der Waals surface area contributed by atoms with Crippen LogP contribution in [0.4, 0.5) is 0 Å². The number of fused-ring (bicyclic) bond motifs is 3. The Hall–Kier alpha value is -1.24. The maximum atomic E-state index is 9.75.